The van der Waals surface area contributed by atoms with Gasteiger partial charge in [0, 0.05) is 14.0 Å². The van der Waals surface area contributed by atoms with Crippen molar-refractivity contribution in [2.45, 2.75) is 51.9 Å². The first-order valence-electron chi connectivity index (χ1n) is 8.11. The number of carbonyl (C=O) groups is 1. The van der Waals surface area contributed by atoms with E-state index >= 15 is 0 Å². The zero-order chi connectivity index (χ0) is 17.3. The maximum atomic E-state index is 12.8. The number of ether oxygens (including phenoxy) is 2. The minimum absolute atomic E-state index is 0.183. The number of carbonyl (C=O) groups excluding carboxylic acids is 1. The van der Waals surface area contributed by atoms with Gasteiger partial charge in [0.2, 0.25) is 0 Å². The molecule has 0 aliphatic carbocycles. The van der Waals surface area contributed by atoms with Crippen LogP contribution >= 0.6 is 0 Å². The van der Waals surface area contributed by atoms with Crippen LogP contribution in [0.1, 0.15) is 45.0 Å². The summed E-state index contributed by atoms with van der Waals surface area (Å²) >= 11 is 0. The Hall–Kier alpha value is -2.29. The monoisotopic (exact) mass is 335 g/mol. The molecule has 24 heavy (non-hydrogen) atoms. The van der Waals surface area contributed by atoms with Gasteiger partial charge in [-0.25, -0.2) is 0 Å². The number of hydrogen-bond acceptors (Lipinski definition) is 7. The number of esters is 1. The zero-order valence-corrected chi connectivity index (χ0v) is 14.1. The lowest BCUT2D eigenvalue weighted by Crippen LogP contribution is -2.30. The lowest BCUT2D eigenvalue weighted by Gasteiger charge is -2.14. The van der Waals surface area contributed by atoms with E-state index in [2.05, 4.69) is 15.4 Å². The van der Waals surface area contributed by atoms with E-state index in [0.717, 1.165) is 18.5 Å². The third-order valence-electron chi connectivity index (χ3n) is 4.06. The van der Waals surface area contributed by atoms with E-state index in [4.69, 9.17) is 9.47 Å². The Labute approximate surface area is 138 Å². The van der Waals surface area contributed by atoms with Crippen LogP contribution in [0, 0.1) is 0 Å². The highest BCUT2D eigenvalue weighted by molar-refractivity contribution is 5.75. The first kappa shape index (κ1) is 16.6. The normalized spacial score (nSPS) is 20.6. The van der Waals surface area contributed by atoms with Gasteiger partial charge in [0.05, 0.1) is 11.8 Å². The van der Waals surface area contributed by atoms with Crippen LogP contribution in [0.3, 0.4) is 0 Å². The van der Waals surface area contributed by atoms with Crippen molar-refractivity contribution in [1.82, 2.24) is 24.8 Å². The van der Waals surface area contributed by atoms with E-state index in [1.807, 2.05) is 6.92 Å². The Morgan fingerprint density at radius 1 is 1.42 bits per heavy atom. The first-order valence-corrected chi connectivity index (χ1v) is 8.11. The lowest BCUT2D eigenvalue weighted by atomic mass is 10.2. The second kappa shape index (κ2) is 6.68. The molecule has 2 unspecified atom stereocenters. The van der Waals surface area contributed by atoms with Crippen LogP contribution < -0.4 is 5.56 Å². The molecule has 0 spiro atoms. The van der Waals surface area contributed by atoms with Crippen molar-refractivity contribution in [2.24, 2.45) is 7.05 Å². The molecule has 9 nitrogen and oxygen atoms in total. The SMILES string of the molecule is CCCc1nn(C)c2c(=O)n(C3CCC(COC(C)=O)O3)nnc12. The number of fused-ring (bicyclic) bond motifs is 1. The molecule has 130 valence electrons. The van der Waals surface area contributed by atoms with Crippen molar-refractivity contribution in [3.8, 4) is 0 Å². The smallest absolute Gasteiger partial charge is 0.302 e. The molecular formula is C15H21N5O4. The minimum atomic E-state index is -0.500. The fourth-order valence-corrected chi connectivity index (χ4v) is 2.95. The maximum Gasteiger partial charge on any atom is 0.302 e. The second-order valence-corrected chi connectivity index (χ2v) is 5.95. The van der Waals surface area contributed by atoms with E-state index in [1.165, 1.54) is 11.6 Å². The zero-order valence-electron chi connectivity index (χ0n) is 14.1. The molecule has 2 aromatic rings. The largest absolute Gasteiger partial charge is 0.463 e. The van der Waals surface area contributed by atoms with Crippen LogP contribution in [-0.4, -0.2) is 43.5 Å². The lowest BCUT2D eigenvalue weighted by molar-refractivity contribution is -0.145. The number of rotatable bonds is 5. The summed E-state index contributed by atoms with van der Waals surface area (Å²) in [5.41, 5.74) is 1.50. The number of hydrogen-bond donors (Lipinski definition) is 0. The maximum absolute atomic E-state index is 12.8. The van der Waals surface area contributed by atoms with Gasteiger partial charge in [-0.15, -0.1) is 5.10 Å². The minimum Gasteiger partial charge on any atom is -0.463 e. The van der Waals surface area contributed by atoms with Crippen molar-refractivity contribution < 1.29 is 14.3 Å². The fraction of sp³-hybridized carbons (Fsp3) is 0.667. The summed E-state index contributed by atoms with van der Waals surface area (Å²) < 4.78 is 13.5. The third kappa shape index (κ3) is 3.03. The Morgan fingerprint density at radius 3 is 2.92 bits per heavy atom. The number of nitrogens with zero attached hydrogens (tertiary/aromatic N) is 5. The molecule has 1 saturated heterocycles. The van der Waals surface area contributed by atoms with E-state index in [1.54, 1.807) is 11.7 Å². The second-order valence-electron chi connectivity index (χ2n) is 5.95. The average Bonchev–Trinajstić information content (AvgIpc) is 3.12. The Balaban J connectivity index is 1.86. The molecule has 1 aliphatic rings. The van der Waals surface area contributed by atoms with Gasteiger partial charge >= 0.3 is 5.97 Å². The molecule has 0 amide bonds. The van der Waals surface area contributed by atoms with Crippen molar-refractivity contribution >= 4 is 17.0 Å². The molecule has 0 saturated carbocycles. The summed E-state index contributed by atoms with van der Waals surface area (Å²) in [6, 6.07) is 0. The molecule has 1 aliphatic heterocycles. The highest BCUT2D eigenvalue weighted by Crippen LogP contribution is 2.27. The third-order valence-corrected chi connectivity index (χ3v) is 4.06. The molecule has 2 aromatic heterocycles. The van der Waals surface area contributed by atoms with Crippen LogP contribution in [0.4, 0.5) is 0 Å². The fourth-order valence-electron chi connectivity index (χ4n) is 2.95. The Morgan fingerprint density at radius 2 is 2.21 bits per heavy atom. The molecule has 9 heteroatoms. The molecule has 3 rings (SSSR count). The highest BCUT2D eigenvalue weighted by Gasteiger charge is 2.30. The van der Waals surface area contributed by atoms with Gasteiger partial charge in [0.1, 0.15) is 12.1 Å². The van der Waals surface area contributed by atoms with Gasteiger partial charge in [0.25, 0.3) is 5.56 Å². The molecule has 2 atom stereocenters. The van der Waals surface area contributed by atoms with E-state index < -0.39 is 6.23 Å². The summed E-state index contributed by atoms with van der Waals surface area (Å²) in [6.45, 7) is 3.58. The standard InChI is InChI=1S/C15H21N5O4/c1-4-5-11-13-14(19(3)17-11)15(22)20(18-16-13)12-7-6-10(24-12)8-23-9(2)21/h10,12H,4-8H2,1-3H3. The van der Waals surface area contributed by atoms with Crippen LogP contribution in [0.25, 0.3) is 11.0 Å². The van der Waals surface area contributed by atoms with E-state index in [9.17, 15) is 9.59 Å². The van der Waals surface area contributed by atoms with Crippen molar-refractivity contribution in [1.29, 1.82) is 0 Å². The molecule has 0 bridgehead atoms. The van der Waals surface area contributed by atoms with Gasteiger partial charge in [-0.1, -0.05) is 18.6 Å². The molecule has 3 heterocycles. The van der Waals surface area contributed by atoms with E-state index in [0.29, 0.717) is 23.9 Å². The Kier molecular flexibility index (Phi) is 4.61. The molecule has 0 aromatic carbocycles. The molecule has 0 radical (unpaired) electrons. The van der Waals surface area contributed by atoms with Gasteiger partial charge < -0.3 is 9.47 Å². The summed E-state index contributed by atoms with van der Waals surface area (Å²) in [5, 5.41) is 12.6. The van der Waals surface area contributed by atoms with Crippen LogP contribution in [0.15, 0.2) is 4.79 Å². The van der Waals surface area contributed by atoms with Crippen LogP contribution in [-0.2, 0) is 27.7 Å². The average molecular weight is 335 g/mol. The van der Waals surface area contributed by atoms with Crippen molar-refractivity contribution in [3.63, 3.8) is 0 Å². The van der Waals surface area contributed by atoms with Crippen LogP contribution in [0.2, 0.25) is 0 Å². The van der Waals surface area contributed by atoms with Gasteiger partial charge in [-0.05, 0) is 19.3 Å². The predicted molar refractivity (Wildman–Crippen MR) is 84.3 cm³/mol. The predicted octanol–water partition coefficient (Wildman–Crippen LogP) is 0.718. The molecular weight excluding hydrogens is 314 g/mol. The topological polar surface area (TPSA) is 101 Å². The van der Waals surface area contributed by atoms with Crippen LogP contribution in [0.5, 0.6) is 0 Å². The van der Waals surface area contributed by atoms with Crippen molar-refractivity contribution in [2.75, 3.05) is 6.61 Å². The van der Waals surface area contributed by atoms with Gasteiger partial charge in [-0.3, -0.25) is 14.3 Å². The molecule has 0 N–H and O–H groups in total. The molecule has 1 fully saturated rings. The number of aromatic nitrogens is 5. The highest BCUT2D eigenvalue weighted by atomic mass is 16.6. The summed E-state index contributed by atoms with van der Waals surface area (Å²) in [5.74, 6) is -0.348. The Bertz CT molecular complexity index is 812. The van der Waals surface area contributed by atoms with Gasteiger partial charge in [0.15, 0.2) is 11.7 Å². The summed E-state index contributed by atoms with van der Waals surface area (Å²) in [6.07, 6.45) is 2.24. The van der Waals surface area contributed by atoms with Crippen molar-refractivity contribution in [3.05, 3.63) is 16.0 Å². The van der Waals surface area contributed by atoms with Gasteiger partial charge in [-0.2, -0.15) is 9.78 Å². The summed E-state index contributed by atoms with van der Waals surface area (Å²) in [4.78, 5) is 23.6. The van der Waals surface area contributed by atoms with E-state index in [-0.39, 0.29) is 24.2 Å². The summed E-state index contributed by atoms with van der Waals surface area (Å²) in [7, 11) is 1.73. The number of aryl methyl sites for hydroxylation is 2. The quantitative estimate of drug-likeness (QED) is 0.742. The first-order chi connectivity index (χ1) is 11.5.